The Kier molecular flexibility index (Phi) is 6.02. The molecule has 0 bridgehead atoms. The van der Waals surface area contributed by atoms with Gasteiger partial charge in [-0.3, -0.25) is 5.41 Å². The predicted octanol–water partition coefficient (Wildman–Crippen LogP) is -0.0414. The van der Waals surface area contributed by atoms with Gasteiger partial charge in [-0.1, -0.05) is 30.3 Å². The zero-order valence-electron chi connectivity index (χ0n) is 11.3. The number of carbonyl (C=O) groups excluding carboxylic acids is 1. The molecule has 1 unspecified atom stereocenters. The molecule has 6 N–H and O–H groups in total. The number of esters is 1. The van der Waals surface area contributed by atoms with Gasteiger partial charge in [0, 0.05) is 0 Å². The van der Waals surface area contributed by atoms with E-state index in [1.54, 1.807) is 6.92 Å². The van der Waals surface area contributed by atoms with Gasteiger partial charge in [-0.15, -0.1) is 0 Å². The van der Waals surface area contributed by atoms with Gasteiger partial charge in [0.2, 0.25) is 0 Å². The third-order valence-corrected chi connectivity index (χ3v) is 2.36. The predicted molar refractivity (Wildman–Crippen MR) is 77.2 cm³/mol. The molecule has 1 rings (SSSR count). The largest absolute Gasteiger partial charge is 0.459 e. The first-order valence-electron chi connectivity index (χ1n) is 6.09. The van der Waals surface area contributed by atoms with Crippen molar-refractivity contribution in [1.82, 2.24) is 5.32 Å². The Bertz CT molecular complexity index is 487. The fourth-order valence-electron chi connectivity index (χ4n) is 1.35. The minimum atomic E-state index is -0.630. The van der Waals surface area contributed by atoms with Crippen LogP contribution < -0.4 is 16.8 Å². The maximum Gasteiger partial charge on any atom is 0.328 e. The van der Waals surface area contributed by atoms with Crippen molar-refractivity contribution in [3.8, 4) is 0 Å². The molecule has 0 aliphatic heterocycles. The summed E-state index contributed by atoms with van der Waals surface area (Å²) in [5, 5.41) is 9.68. The smallest absolute Gasteiger partial charge is 0.328 e. The lowest BCUT2D eigenvalue weighted by atomic mass is 10.2. The number of carbonyl (C=O) groups is 1. The minimum absolute atomic E-state index is 0.00931. The molecule has 0 aromatic heterocycles. The first-order valence-corrected chi connectivity index (χ1v) is 6.09. The molecule has 0 aliphatic rings. The summed E-state index contributed by atoms with van der Waals surface area (Å²) in [5.74, 6) is -0.492. The van der Waals surface area contributed by atoms with Gasteiger partial charge < -0.3 is 21.5 Å². The number of benzene rings is 1. The van der Waals surface area contributed by atoms with E-state index >= 15 is 0 Å². The Morgan fingerprint density at radius 3 is 2.65 bits per heavy atom. The number of hydrogen-bond acceptors (Lipinski definition) is 4. The lowest BCUT2D eigenvalue weighted by Crippen LogP contribution is -2.44. The van der Waals surface area contributed by atoms with Crippen molar-refractivity contribution in [1.29, 1.82) is 5.41 Å². The van der Waals surface area contributed by atoms with Crippen LogP contribution >= 0.6 is 0 Å². The molecule has 1 aromatic rings. The van der Waals surface area contributed by atoms with Gasteiger partial charge >= 0.3 is 5.97 Å². The number of nitrogens with zero attached hydrogens (tertiary/aromatic N) is 1. The van der Waals surface area contributed by atoms with Gasteiger partial charge in [0.05, 0.1) is 6.54 Å². The lowest BCUT2D eigenvalue weighted by Gasteiger charge is -2.13. The van der Waals surface area contributed by atoms with E-state index in [9.17, 15) is 4.79 Å². The Hall–Kier alpha value is -2.57. The second kappa shape index (κ2) is 7.78. The Morgan fingerprint density at radius 2 is 2.05 bits per heavy atom. The van der Waals surface area contributed by atoms with Gasteiger partial charge in [-0.25, -0.2) is 9.79 Å². The topological polar surface area (TPSA) is 127 Å². The van der Waals surface area contributed by atoms with E-state index < -0.39 is 12.0 Å². The van der Waals surface area contributed by atoms with Gasteiger partial charge in [0.25, 0.3) is 0 Å². The highest BCUT2D eigenvalue weighted by atomic mass is 16.5. The van der Waals surface area contributed by atoms with Gasteiger partial charge in [-0.05, 0) is 12.5 Å². The lowest BCUT2D eigenvalue weighted by molar-refractivity contribution is -0.146. The molecule has 0 saturated carbocycles. The average molecular weight is 277 g/mol. The van der Waals surface area contributed by atoms with Crippen LogP contribution in [0, 0.1) is 5.41 Å². The van der Waals surface area contributed by atoms with Gasteiger partial charge in [0.1, 0.15) is 18.5 Å². The summed E-state index contributed by atoms with van der Waals surface area (Å²) in [7, 11) is 0. The van der Waals surface area contributed by atoms with Crippen molar-refractivity contribution >= 4 is 17.8 Å². The van der Waals surface area contributed by atoms with Crippen LogP contribution in [0.3, 0.4) is 0 Å². The molecule has 0 spiro atoms. The summed E-state index contributed by atoms with van der Waals surface area (Å²) in [6.45, 7) is 1.81. The van der Waals surface area contributed by atoms with Crippen LogP contribution in [0.4, 0.5) is 0 Å². The minimum Gasteiger partial charge on any atom is -0.459 e. The Labute approximate surface area is 117 Å². The Morgan fingerprint density at radius 1 is 1.40 bits per heavy atom. The standard InChI is InChI=1S/C13H19N5O2/c1-9(18-13(16)17-7-11(14)15)12(19)20-8-10-5-3-2-4-6-10/h2-6,9H,7-8H2,1H3,(H3,14,15)(H3,16,17,18). The highest BCUT2D eigenvalue weighted by molar-refractivity contribution is 5.87. The molecule has 0 fully saturated rings. The number of hydrogen-bond donors (Lipinski definition) is 4. The van der Waals surface area contributed by atoms with E-state index in [0.29, 0.717) is 0 Å². The molecule has 108 valence electrons. The van der Waals surface area contributed by atoms with Crippen LogP contribution in [-0.2, 0) is 16.1 Å². The molecular formula is C13H19N5O2. The molecule has 7 heteroatoms. The summed E-state index contributed by atoms with van der Waals surface area (Å²) < 4.78 is 5.14. The molecule has 7 nitrogen and oxygen atoms in total. The van der Waals surface area contributed by atoms with Gasteiger partial charge in [0.15, 0.2) is 5.96 Å². The Balaban J connectivity index is 2.39. The van der Waals surface area contributed by atoms with E-state index in [4.69, 9.17) is 21.6 Å². The van der Waals surface area contributed by atoms with Crippen molar-refractivity contribution in [3.05, 3.63) is 35.9 Å². The van der Waals surface area contributed by atoms with Crippen molar-refractivity contribution < 1.29 is 9.53 Å². The third-order valence-electron chi connectivity index (χ3n) is 2.36. The number of amidine groups is 1. The number of nitrogens with two attached hydrogens (primary N) is 2. The molecule has 0 amide bonds. The first kappa shape index (κ1) is 15.5. The summed E-state index contributed by atoms with van der Waals surface area (Å²) >= 11 is 0. The number of guanidine groups is 1. The van der Waals surface area contributed by atoms with E-state index in [1.807, 2.05) is 30.3 Å². The first-order chi connectivity index (χ1) is 9.49. The fraction of sp³-hybridized carbons (Fsp3) is 0.308. The maximum atomic E-state index is 11.7. The van der Waals surface area contributed by atoms with Crippen molar-refractivity contribution in [3.63, 3.8) is 0 Å². The number of rotatable bonds is 6. The zero-order valence-corrected chi connectivity index (χ0v) is 11.3. The summed E-state index contributed by atoms with van der Waals surface area (Å²) in [5.41, 5.74) is 11.6. The summed E-state index contributed by atoms with van der Waals surface area (Å²) in [4.78, 5) is 15.5. The molecule has 1 aromatic carbocycles. The molecule has 20 heavy (non-hydrogen) atoms. The third kappa shape index (κ3) is 5.85. The van der Waals surface area contributed by atoms with Crippen LogP contribution in [0.2, 0.25) is 0 Å². The van der Waals surface area contributed by atoms with Crippen molar-refractivity contribution in [2.45, 2.75) is 19.6 Å². The highest BCUT2D eigenvalue weighted by Gasteiger charge is 2.14. The summed E-state index contributed by atoms with van der Waals surface area (Å²) in [6.07, 6.45) is 0. The van der Waals surface area contributed by atoms with E-state index in [2.05, 4.69) is 10.3 Å². The summed E-state index contributed by atoms with van der Waals surface area (Å²) in [6, 6.07) is 8.74. The number of nitrogens with one attached hydrogen (secondary N) is 2. The molecule has 0 heterocycles. The molecular weight excluding hydrogens is 258 g/mol. The van der Waals surface area contributed by atoms with E-state index in [1.165, 1.54) is 0 Å². The highest BCUT2D eigenvalue weighted by Crippen LogP contribution is 2.01. The normalized spacial score (nSPS) is 12.6. The SMILES string of the molecule is CC(NC(N)=NCC(=N)N)C(=O)OCc1ccccc1. The van der Waals surface area contributed by atoms with Crippen molar-refractivity contribution in [2.75, 3.05) is 6.54 Å². The fourth-order valence-corrected chi connectivity index (χ4v) is 1.35. The van der Waals surface area contributed by atoms with Gasteiger partial charge in [-0.2, -0.15) is 0 Å². The average Bonchev–Trinajstić information content (AvgIpc) is 2.43. The second-order valence-electron chi connectivity index (χ2n) is 4.19. The van der Waals surface area contributed by atoms with Crippen molar-refractivity contribution in [2.24, 2.45) is 16.5 Å². The molecule has 0 radical (unpaired) electrons. The van der Waals surface area contributed by atoms with Crippen LogP contribution in [-0.4, -0.2) is 30.4 Å². The van der Waals surface area contributed by atoms with Crippen LogP contribution in [0.1, 0.15) is 12.5 Å². The number of ether oxygens (including phenoxy) is 1. The van der Waals surface area contributed by atoms with Crippen LogP contribution in [0.5, 0.6) is 0 Å². The molecule has 0 aliphatic carbocycles. The van der Waals surface area contributed by atoms with E-state index in [0.717, 1.165) is 5.56 Å². The van der Waals surface area contributed by atoms with Crippen LogP contribution in [0.25, 0.3) is 0 Å². The maximum absolute atomic E-state index is 11.7. The zero-order chi connectivity index (χ0) is 15.0. The monoisotopic (exact) mass is 277 g/mol. The quantitative estimate of drug-likeness (QED) is 0.329. The second-order valence-corrected chi connectivity index (χ2v) is 4.19. The van der Waals surface area contributed by atoms with E-state index in [-0.39, 0.29) is 24.9 Å². The molecule has 1 atom stereocenters. The number of aliphatic imine (C=N–C) groups is 1. The molecule has 0 saturated heterocycles. The van der Waals surface area contributed by atoms with Crippen LogP contribution in [0.15, 0.2) is 35.3 Å².